The topological polar surface area (TPSA) is 83.7 Å². The summed E-state index contributed by atoms with van der Waals surface area (Å²) in [4.78, 5) is 37.7. The predicted octanol–water partition coefficient (Wildman–Crippen LogP) is 1.98. The van der Waals surface area contributed by atoms with E-state index in [0.717, 1.165) is 24.2 Å². The van der Waals surface area contributed by atoms with Crippen LogP contribution in [0.2, 0.25) is 0 Å². The highest BCUT2D eigenvalue weighted by Gasteiger charge is 2.25. The van der Waals surface area contributed by atoms with Gasteiger partial charge in [-0.3, -0.25) is 9.59 Å². The van der Waals surface area contributed by atoms with Crippen molar-refractivity contribution >= 4 is 17.6 Å². The maximum Gasteiger partial charge on any atom is 0.252 e. The van der Waals surface area contributed by atoms with Crippen molar-refractivity contribution in [2.24, 2.45) is 0 Å². The Bertz CT molecular complexity index is 1070. The fourth-order valence-corrected chi connectivity index (χ4v) is 3.98. The van der Waals surface area contributed by atoms with E-state index in [4.69, 9.17) is 0 Å². The summed E-state index contributed by atoms with van der Waals surface area (Å²) in [7, 11) is 0. The lowest BCUT2D eigenvalue weighted by molar-refractivity contribution is -0.139. The first-order chi connectivity index (χ1) is 15.0. The molecule has 162 valence electrons. The van der Waals surface area contributed by atoms with E-state index < -0.39 is 0 Å². The summed E-state index contributed by atoms with van der Waals surface area (Å²) in [6, 6.07) is 12.2. The zero-order valence-corrected chi connectivity index (χ0v) is 18.1. The van der Waals surface area contributed by atoms with Gasteiger partial charge in [-0.05, 0) is 38.3 Å². The summed E-state index contributed by atoms with van der Waals surface area (Å²) in [6.45, 7) is 6.11. The van der Waals surface area contributed by atoms with Crippen molar-refractivity contribution in [3.8, 4) is 0 Å². The summed E-state index contributed by atoms with van der Waals surface area (Å²) in [6.07, 6.45) is 2.44. The molecule has 3 aromatic rings. The van der Waals surface area contributed by atoms with Gasteiger partial charge in [0.05, 0.1) is 6.42 Å². The second-order valence-electron chi connectivity index (χ2n) is 8.06. The Balaban J connectivity index is 1.25. The molecule has 1 fully saturated rings. The average Bonchev–Trinajstić information content (AvgIpc) is 3.17. The maximum absolute atomic E-state index is 12.7. The molecule has 4 rings (SSSR count). The molecule has 0 unspecified atom stereocenters. The van der Waals surface area contributed by atoms with Crippen LogP contribution >= 0.6 is 0 Å². The van der Waals surface area contributed by atoms with Gasteiger partial charge in [0.15, 0.2) is 5.82 Å². The van der Waals surface area contributed by atoms with Gasteiger partial charge in [0.2, 0.25) is 11.8 Å². The van der Waals surface area contributed by atoms with Crippen LogP contribution in [0.3, 0.4) is 0 Å². The highest BCUT2D eigenvalue weighted by Crippen LogP contribution is 2.11. The molecule has 2 amide bonds. The highest BCUT2D eigenvalue weighted by atomic mass is 16.2. The van der Waals surface area contributed by atoms with Crippen LogP contribution < -0.4 is 0 Å². The van der Waals surface area contributed by atoms with E-state index in [9.17, 15) is 9.59 Å². The summed E-state index contributed by atoms with van der Waals surface area (Å²) in [5.74, 6) is 1.15. The van der Waals surface area contributed by atoms with Crippen LogP contribution in [0.4, 0.5) is 0 Å². The number of piperazine rings is 1. The van der Waals surface area contributed by atoms with Crippen molar-refractivity contribution in [1.29, 1.82) is 0 Å². The minimum absolute atomic E-state index is 0.0125. The lowest BCUT2D eigenvalue weighted by Crippen LogP contribution is -2.51. The molecule has 8 nitrogen and oxygen atoms in total. The van der Waals surface area contributed by atoms with E-state index in [1.54, 1.807) is 9.42 Å². The molecule has 0 N–H and O–H groups in total. The monoisotopic (exact) mass is 420 g/mol. The van der Waals surface area contributed by atoms with Gasteiger partial charge in [0, 0.05) is 44.0 Å². The molecule has 0 spiro atoms. The molecule has 0 bridgehead atoms. The second-order valence-corrected chi connectivity index (χ2v) is 8.06. The quantitative estimate of drug-likeness (QED) is 0.609. The molecule has 1 saturated heterocycles. The van der Waals surface area contributed by atoms with Crippen molar-refractivity contribution in [1.82, 2.24) is 29.4 Å². The van der Waals surface area contributed by atoms with Gasteiger partial charge in [-0.1, -0.05) is 30.3 Å². The van der Waals surface area contributed by atoms with E-state index in [-0.39, 0.29) is 18.2 Å². The number of carbonyl (C=O) groups excluding carboxylic acids is 2. The molecule has 2 aromatic heterocycles. The molecule has 1 aliphatic rings. The summed E-state index contributed by atoms with van der Waals surface area (Å²) in [5.41, 5.74) is 3.07. The zero-order chi connectivity index (χ0) is 21.8. The first-order valence-corrected chi connectivity index (χ1v) is 10.8. The summed E-state index contributed by atoms with van der Waals surface area (Å²) < 4.78 is 1.67. The normalized spacial score (nSPS) is 14.3. The molecule has 0 radical (unpaired) electrons. The number of benzene rings is 1. The third kappa shape index (κ3) is 5.07. The first-order valence-electron chi connectivity index (χ1n) is 10.8. The standard InChI is InChI=1S/C23H28N6O2/c1-17-15-18(2)29-23(24-17)25-20(26-29)16-22(31)28-13-11-27(12-14-28)21(30)10-6-9-19-7-4-3-5-8-19/h3-5,7-8,15H,6,9-14,16H2,1-2H3. The zero-order valence-electron chi connectivity index (χ0n) is 18.1. The van der Waals surface area contributed by atoms with Crippen LogP contribution in [0, 0.1) is 13.8 Å². The molecule has 3 heterocycles. The van der Waals surface area contributed by atoms with Crippen molar-refractivity contribution in [2.75, 3.05) is 26.2 Å². The maximum atomic E-state index is 12.7. The SMILES string of the molecule is Cc1cc(C)n2nc(CC(=O)N3CCN(C(=O)CCCc4ccccc4)CC3)nc2n1. The molecule has 8 heteroatoms. The number of rotatable bonds is 6. The van der Waals surface area contributed by atoms with Crippen molar-refractivity contribution < 1.29 is 9.59 Å². The lowest BCUT2D eigenvalue weighted by Gasteiger charge is -2.34. The van der Waals surface area contributed by atoms with Gasteiger partial charge >= 0.3 is 0 Å². The number of amides is 2. The van der Waals surface area contributed by atoms with E-state index >= 15 is 0 Å². The Morgan fingerprint density at radius 2 is 1.61 bits per heavy atom. The number of hydrogen-bond donors (Lipinski definition) is 0. The van der Waals surface area contributed by atoms with Crippen LogP contribution in [-0.4, -0.2) is 67.4 Å². The summed E-state index contributed by atoms with van der Waals surface area (Å²) >= 11 is 0. The number of fused-ring (bicyclic) bond motifs is 1. The Kier molecular flexibility index (Phi) is 6.25. The number of aryl methyl sites for hydroxylation is 3. The smallest absolute Gasteiger partial charge is 0.252 e. The van der Waals surface area contributed by atoms with E-state index in [1.807, 2.05) is 43.0 Å². The van der Waals surface area contributed by atoms with Gasteiger partial charge < -0.3 is 9.80 Å². The fraction of sp³-hybridized carbons (Fsp3) is 0.435. The largest absolute Gasteiger partial charge is 0.339 e. The third-order valence-corrected chi connectivity index (χ3v) is 5.66. The molecular formula is C23H28N6O2. The van der Waals surface area contributed by atoms with Gasteiger partial charge in [0.1, 0.15) is 0 Å². The van der Waals surface area contributed by atoms with Gasteiger partial charge in [-0.25, -0.2) is 9.50 Å². The molecule has 1 aromatic carbocycles. The van der Waals surface area contributed by atoms with Crippen molar-refractivity contribution in [3.63, 3.8) is 0 Å². The van der Waals surface area contributed by atoms with Crippen LogP contribution in [0.15, 0.2) is 36.4 Å². The Hall–Kier alpha value is -3.29. The van der Waals surface area contributed by atoms with Crippen LogP contribution in [0.5, 0.6) is 0 Å². The third-order valence-electron chi connectivity index (χ3n) is 5.66. The molecule has 1 aliphatic heterocycles. The number of aromatic nitrogens is 4. The highest BCUT2D eigenvalue weighted by molar-refractivity contribution is 5.79. The molecular weight excluding hydrogens is 392 g/mol. The number of carbonyl (C=O) groups is 2. The molecule has 0 saturated carbocycles. The van der Waals surface area contributed by atoms with Crippen LogP contribution in [-0.2, 0) is 22.4 Å². The van der Waals surface area contributed by atoms with E-state index in [2.05, 4.69) is 27.2 Å². The molecule has 31 heavy (non-hydrogen) atoms. The minimum atomic E-state index is -0.0125. The van der Waals surface area contributed by atoms with Gasteiger partial charge in [-0.2, -0.15) is 4.98 Å². The van der Waals surface area contributed by atoms with Crippen LogP contribution in [0.25, 0.3) is 5.78 Å². The van der Waals surface area contributed by atoms with E-state index in [1.165, 1.54) is 5.56 Å². The summed E-state index contributed by atoms with van der Waals surface area (Å²) in [5, 5.41) is 4.42. The first kappa shape index (κ1) is 21.0. The predicted molar refractivity (Wildman–Crippen MR) is 117 cm³/mol. The second kappa shape index (κ2) is 9.24. The van der Waals surface area contributed by atoms with E-state index in [0.29, 0.717) is 44.2 Å². The molecule has 0 aliphatic carbocycles. The Morgan fingerprint density at radius 1 is 0.935 bits per heavy atom. The van der Waals surface area contributed by atoms with Gasteiger partial charge in [0.25, 0.3) is 5.78 Å². The van der Waals surface area contributed by atoms with Crippen LogP contribution in [0.1, 0.15) is 35.6 Å². The minimum Gasteiger partial charge on any atom is -0.339 e. The fourth-order valence-electron chi connectivity index (χ4n) is 3.98. The van der Waals surface area contributed by atoms with Crippen molar-refractivity contribution in [2.45, 2.75) is 39.5 Å². The van der Waals surface area contributed by atoms with Gasteiger partial charge in [-0.15, -0.1) is 5.10 Å². The average molecular weight is 421 g/mol. The number of nitrogens with zero attached hydrogens (tertiary/aromatic N) is 6. The Labute approximate surface area is 181 Å². The number of hydrogen-bond acceptors (Lipinski definition) is 5. The Morgan fingerprint density at radius 3 is 2.32 bits per heavy atom. The van der Waals surface area contributed by atoms with Crippen molar-refractivity contribution in [3.05, 3.63) is 59.2 Å². The molecule has 0 atom stereocenters. The lowest BCUT2D eigenvalue weighted by atomic mass is 10.1.